The first kappa shape index (κ1) is 22.8. The van der Waals surface area contributed by atoms with Crippen molar-refractivity contribution < 1.29 is 0 Å². The van der Waals surface area contributed by atoms with E-state index in [9.17, 15) is 0 Å². The maximum Gasteiger partial charge on any atom is 0.0937 e. The topological polar surface area (TPSA) is 15.6 Å². The van der Waals surface area contributed by atoms with E-state index in [1.807, 2.05) is 6.07 Å². The van der Waals surface area contributed by atoms with E-state index in [2.05, 4.69) is 145 Å². The largest absolute Gasteiger partial charge is 0.334 e. The molecular formula is C35H28N2. The molecule has 0 aromatic heterocycles. The molecule has 0 bridgehead atoms. The molecule has 1 aliphatic heterocycles. The summed E-state index contributed by atoms with van der Waals surface area (Å²) in [6.07, 6.45) is 0. The zero-order valence-corrected chi connectivity index (χ0v) is 20.9. The van der Waals surface area contributed by atoms with Crippen molar-refractivity contribution in [3.63, 3.8) is 0 Å². The fraction of sp³-hybridized carbons (Fsp3) is 0.0571. The van der Waals surface area contributed by atoms with Crippen LogP contribution in [0.1, 0.15) is 22.3 Å². The summed E-state index contributed by atoms with van der Waals surface area (Å²) in [5.41, 5.74) is 12.8. The predicted molar refractivity (Wildman–Crippen MR) is 157 cm³/mol. The summed E-state index contributed by atoms with van der Waals surface area (Å²) in [5.74, 6) is 0. The average Bonchev–Trinajstić information content (AvgIpc) is 2.96. The number of hydrogen-bond acceptors (Lipinski definition) is 2. The molecule has 0 amide bonds. The lowest BCUT2D eigenvalue weighted by atomic mass is 9.89. The summed E-state index contributed by atoms with van der Waals surface area (Å²) in [6.45, 7) is 6.88. The normalized spacial score (nSPS) is 12.8. The van der Waals surface area contributed by atoms with Crippen LogP contribution in [0, 0.1) is 6.92 Å². The SMILES string of the molecule is C=N/C(=C(/c1ccccc1)N1Cc2ccccc2-c2cc(-c3ccc(C)cc3)ccc21)c1ccccc1. The Hall–Kier alpha value is -4.69. The third-order valence-corrected chi connectivity index (χ3v) is 7.06. The van der Waals surface area contributed by atoms with E-state index in [0.29, 0.717) is 0 Å². The van der Waals surface area contributed by atoms with Gasteiger partial charge in [0.05, 0.1) is 11.4 Å². The molecule has 0 N–H and O–H groups in total. The number of hydrogen-bond donors (Lipinski definition) is 0. The Morgan fingerprint density at radius 2 is 1.27 bits per heavy atom. The van der Waals surface area contributed by atoms with Crippen molar-refractivity contribution in [1.29, 1.82) is 0 Å². The van der Waals surface area contributed by atoms with Crippen LogP contribution in [0.15, 0.2) is 132 Å². The molecule has 0 fully saturated rings. The van der Waals surface area contributed by atoms with Crippen molar-refractivity contribution in [3.8, 4) is 22.3 Å². The maximum absolute atomic E-state index is 4.60. The lowest BCUT2D eigenvalue weighted by Gasteiger charge is -2.36. The van der Waals surface area contributed by atoms with Crippen molar-refractivity contribution in [2.75, 3.05) is 4.90 Å². The molecule has 0 saturated heterocycles. The van der Waals surface area contributed by atoms with Gasteiger partial charge in [-0.2, -0.15) is 0 Å². The van der Waals surface area contributed by atoms with Crippen molar-refractivity contribution in [2.45, 2.75) is 13.5 Å². The molecule has 0 aliphatic carbocycles. The van der Waals surface area contributed by atoms with Gasteiger partial charge < -0.3 is 4.90 Å². The molecular weight excluding hydrogens is 448 g/mol. The third kappa shape index (κ3) is 4.28. The number of rotatable bonds is 5. The second-order valence-electron chi connectivity index (χ2n) is 9.43. The van der Waals surface area contributed by atoms with Gasteiger partial charge in [0, 0.05) is 28.9 Å². The zero-order chi connectivity index (χ0) is 25.2. The Morgan fingerprint density at radius 3 is 1.97 bits per heavy atom. The Labute approximate surface area is 218 Å². The van der Waals surface area contributed by atoms with Crippen LogP contribution in [0.25, 0.3) is 33.6 Å². The molecule has 5 aromatic rings. The van der Waals surface area contributed by atoms with Gasteiger partial charge in [0.25, 0.3) is 0 Å². The number of aliphatic imine (C=N–C) groups is 1. The zero-order valence-electron chi connectivity index (χ0n) is 20.9. The van der Waals surface area contributed by atoms with Crippen LogP contribution in [-0.2, 0) is 6.54 Å². The highest BCUT2D eigenvalue weighted by Gasteiger charge is 2.27. The van der Waals surface area contributed by atoms with Gasteiger partial charge in [0.2, 0.25) is 0 Å². The number of benzene rings is 5. The van der Waals surface area contributed by atoms with Gasteiger partial charge in [0.1, 0.15) is 0 Å². The van der Waals surface area contributed by atoms with E-state index in [1.165, 1.54) is 39.1 Å². The minimum Gasteiger partial charge on any atom is -0.334 e. The van der Waals surface area contributed by atoms with Gasteiger partial charge in [-0.25, -0.2) is 0 Å². The van der Waals surface area contributed by atoms with E-state index in [0.717, 1.165) is 29.1 Å². The summed E-state index contributed by atoms with van der Waals surface area (Å²) in [4.78, 5) is 7.01. The number of anilines is 1. The van der Waals surface area contributed by atoms with Crippen LogP contribution in [0.4, 0.5) is 5.69 Å². The average molecular weight is 477 g/mol. The quantitative estimate of drug-likeness (QED) is 0.183. The highest BCUT2D eigenvalue weighted by atomic mass is 15.2. The molecule has 1 heterocycles. The molecule has 0 spiro atoms. The van der Waals surface area contributed by atoms with Crippen LogP contribution >= 0.6 is 0 Å². The van der Waals surface area contributed by atoms with Gasteiger partial charge in [-0.1, -0.05) is 121 Å². The molecule has 0 saturated carbocycles. The number of fused-ring (bicyclic) bond motifs is 3. The first-order valence-corrected chi connectivity index (χ1v) is 12.6. The lowest BCUT2D eigenvalue weighted by molar-refractivity contribution is 0.968. The summed E-state index contributed by atoms with van der Waals surface area (Å²) in [5, 5.41) is 0. The first-order chi connectivity index (χ1) is 18.2. The highest BCUT2D eigenvalue weighted by Crippen LogP contribution is 2.46. The maximum atomic E-state index is 4.60. The van der Waals surface area contributed by atoms with Gasteiger partial charge in [-0.15, -0.1) is 0 Å². The molecule has 6 rings (SSSR count). The summed E-state index contributed by atoms with van der Waals surface area (Å²) >= 11 is 0. The van der Waals surface area contributed by atoms with E-state index in [1.54, 1.807) is 0 Å². The Morgan fingerprint density at radius 1 is 0.649 bits per heavy atom. The molecule has 0 atom stereocenters. The van der Waals surface area contributed by atoms with Crippen molar-refractivity contribution in [2.24, 2.45) is 4.99 Å². The molecule has 178 valence electrons. The third-order valence-electron chi connectivity index (χ3n) is 7.06. The van der Waals surface area contributed by atoms with Gasteiger partial charge >= 0.3 is 0 Å². The molecule has 0 radical (unpaired) electrons. The van der Waals surface area contributed by atoms with Crippen molar-refractivity contribution >= 4 is 23.8 Å². The van der Waals surface area contributed by atoms with E-state index in [-0.39, 0.29) is 0 Å². The van der Waals surface area contributed by atoms with Gasteiger partial charge in [-0.05, 0) is 48.0 Å². The Bertz CT molecular complexity index is 1600. The van der Waals surface area contributed by atoms with E-state index >= 15 is 0 Å². The molecule has 2 heteroatoms. The Kier molecular flexibility index (Phi) is 6.00. The van der Waals surface area contributed by atoms with Crippen LogP contribution in [0.5, 0.6) is 0 Å². The van der Waals surface area contributed by atoms with Gasteiger partial charge in [-0.3, -0.25) is 4.99 Å². The fourth-order valence-electron chi connectivity index (χ4n) is 5.20. The molecule has 1 aliphatic rings. The predicted octanol–water partition coefficient (Wildman–Crippen LogP) is 8.88. The molecule has 0 unspecified atom stereocenters. The minimum atomic E-state index is 0.753. The van der Waals surface area contributed by atoms with Crippen LogP contribution < -0.4 is 4.90 Å². The van der Waals surface area contributed by atoms with Gasteiger partial charge in [0.15, 0.2) is 0 Å². The fourth-order valence-corrected chi connectivity index (χ4v) is 5.20. The second kappa shape index (κ2) is 9.75. The number of nitrogens with zero attached hydrogens (tertiary/aromatic N) is 2. The molecule has 37 heavy (non-hydrogen) atoms. The molecule has 5 aromatic carbocycles. The summed E-state index contributed by atoms with van der Waals surface area (Å²) in [7, 11) is 0. The molecule has 2 nitrogen and oxygen atoms in total. The monoisotopic (exact) mass is 476 g/mol. The lowest BCUT2D eigenvalue weighted by Crippen LogP contribution is -2.26. The number of aryl methyl sites for hydroxylation is 1. The van der Waals surface area contributed by atoms with Crippen molar-refractivity contribution in [3.05, 3.63) is 150 Å². The van der Waals surface area contributed by atoms with Crippen LogP contribution in [0.3, 0.4) is 0 Å². The van der Waals surface area contributed by atoms with E-state index < -0.39 is 0 Å². The summed E-state index contributed by atoms with van der Waals surface area (Å²) in [6, 6.07) is 45.2. The smallest absolute Gasteiger partial charge is 0.0937 e. The standard InChI is InChI=1S/C35H28N2/c1-25-17-19-26(20-18-25)29-21-22-33-32(23-29)31-16-10-9-15-30(31)24-37(33)35(28-13-7-4-8-14-28)34(36-2)27-11-5-3-6-12-27/h3-23H,2,24H2,1H3/b35-34-. The minimum absolute atomic E-state index is 0.753. The summed E-state index contributed by atoms with van der Waals surface area (Å²) < 4.78 is 0. The van der Waals surface area contributed by atoms with Crippen LogP contribution in [0.2, 0.25) is 0 Å². The van der Waals surface area contributed by atoms with Crippen molar-refractivity contribution in [1.82, 2.24) is 0 Å². The van der Waals surface area contributed by atoms with Crippen LogP contribution in [-0.4, -0.2) is 6.72 Å². The first-order valence-electron chi connectivity index (χ1n) is 12.6. The second-order valence-corrected chi connectivity index (χ2v) is 9.43. The van der Waals surface area contributed by atoms with E-state index in [4.69, 9.17) is 0 Å². The highest BCUT2D eigenvalue weighted by molar-refractivity contribution is 6.02. The Balaban J connectivity index is 1.60.